The highest BCUT2D eigenvalue weighted by Gasteiger charge is 2.16. The van der Waals surface area contributed by atoms with E-state index >= 15 is 0 Å². The molecule has 0 bridgehead atoms. The third-order valence-electron chi connectivity index (χ3n) is 4.70. The zero-order chi connectivity index (χ0) is 21.0. The van der Waals surface area contributed by atoms with Crippen molar-refractivity contribution in [3.8, 4) is 0 Å². The second-order valence-corrected chi connectivity index (χ2v) is 6.94. The molecule has 0 aliphatic carbocycles. The summed E-state index contributed by atoms with van der Waals surface area (Å²) in [5, 5.41) is 9.67. The summed E-state index contributed by atoms with van der Waals surface area (Å²) in [6.07, 6.45) is 0. The maximum Gasteiger partial charge on any atom is 0.321 e. The summed E-state index contributed by atoms with van der Waals surface area (Å²) in [6.45, 7) is 5.95. The van der Waals surface area contributed by atoms with Crippen molar-refractivity contribution in [1.82, 2.24) is 10.1 Å². The number of urea groups is 1. The Morgan fingerprint density at radius 1 is 1.03 bits per heavy atom. The van der Waals surface area contributed by atoms with E-state index < -0.39 is 0 Å². The van der Waals surface area contributed by atoms with E-state index in [0.29, 0.717) is 29.2 Å². The number of nitrogens with zero attached hydrogens (tertiary/aromatic N) is 2. The zero-order valence-electron chi connectivity index (χ0n) is 16.9. The molecule has 1 aromatic heterocycles. The summed E-state index contributed by atoms with van der Waals surface area (Å²) in [7, 11) is 1.71. The summed E-state index contributed by atoms with van der Waals surface area (Å²) in [5.41, 5.74) is 4.35. The monoisotopic (exact) mass is 392 g/mol. The molecule has 0 saturated carbocycles. The van der Waals surface area contributed by atoms with E-state index in [2.05, 4.69) is 15.8 Å². The normalized spacial score (nSPS) is 10.5. The molecule has 3 rings (SSSR count). The molecular weight excluding hydrogens is 368 g/mol. The second kappa shape index (κ2) is 8.60. The minimum atomic E-state index is -0.264. The fraction of sp³-hybridized carbons (Fsp3) is 0.227. The van der Waals surface area contributed by atoms with Gasteiger partial charge in [0.2, 0.25) is 0 Å². The van der Waals surface area contributed by atoms with Crippen LogP contribution in [0.2, 0.25) is 0 Å². The van der Waals surface area contributed by atoms with Gasteiger partial charge in [0.25, 0.3) is 5.91 Å². The van der Waals surface area contributed by atoms with E-state index in [4.69, 9.17) is 4.52 Å². The van der Waals surface area contributed by atoms with Gasteiger partial charge in [0.05, 0.1) is 12.2 Å². The molecular formula is C22H24N4O3. The molecule has 150 valence electrons. The van der Waals surface area contributed by atoms with E-state index in [9.17, 15) is 9.59 Å². The second-order valence-electron chi connectivity index (χ2n) is 6.94. The van der Waals surface area contributed by atoms with Crippen molar-refractivity contribution in [3.05, 3.63) is 76.7 Å². The van der Waals surface area contributed by atoms with Crippen LogP contribution in [0, 0.1) is 20.8 Å². The highest BCUT2D eigenvalue weighted by Crippen LogP contribution is 2.22. The van der Waals surface area contributed by atoms with Crippen LogP contribution in [0.25, 0.3) is 0 Å². The molecule has 3 aromatic rings. The Morgan fingerprint density at radius 2 is 1.76 bits per heavy atom. The molecule has 3 amide bonds. The molecule has 2 aromatic carbocycles. The molecule has 0 fully saturated rings. The van der Waals surface area contributed by atoms with Crippen LogP contribution in [0.3, 0.4) is 0 Å². The van der Waals surface area contributed by atoms with Gasteiger partial charge in [-0.3, -0.25) is 4.79 Å². The lowest BCUT2D eigenvalue weighted by molar-refractivity contribution is 0.102. The Labute approximate surface area is 169 Å². The van der Waals surface area contributed by atoms with Crippen molar-refractivity contribution >= 4 is 23.3 Å². The lowest BCUT2D eigenvalue weighted by Crippen LogP contribution is -2.31. The molecule has 1 heterocycles. The third kappa shape index (κ3) is 4.82. The number of hydrogen-bond acceptors (Lipinski definition) is 4. The van der Waals surface area contributed by atoms with Crippen LogP contribution < -0.4 is 10.6 Å². The molecule has 0 radical (unpaired) electrons. The van der Waals surface area contributed by atoms with Gasteiger partial charge in [0.1, 0.15) is 5.76 Å². The first-order valence-corrected chi connectivity index (χ1v) is 9.26. The number of aryl methyl sites for hydroxylation is 3. The predicted molar refractivity (Wildman–Crippen MR) is 112 cm³/mol. The van der Waals surface area contributed by atoms with Gasteiger partial charge in [0.15, 0.2) is 0 Å². The number of benzene rings is 2. The average molecular weight is 392 g/mol. The minimum Gasteiger partial charge on any atom is -0.361 e. The van der Waals surface area contributed by atoms with Crippen LogP contribution in [-0.4, -0.2) is 29.0 Å². The third-order valence-corrected chi connectivity index (χ3v) is 4.70. The first-order valence-electron chi connectivity index (χ1n) is 9.26. The Hall–Kier alpha value is -3.61. The standard InChI is InChI=1S/C22H24N4O3/c1-14-10-11-18(23-21(27)17-8-6-5-7-9-17)12-20(14)24-22(28)26(4)13-19-15(2)25-29-16(19)3/h5-12H,13H2,1-4H3,(H,23,27)(H,24,28). The maximum absolute atomic E-state index is 12.6. The number of rotatable bonds is 5. The minimum absolute atomic E-state index is 0.206. The first-order chi connectivity index (χ1) is 13.8. The molecule has 0 atom stereocenters. The van der Waals surface area contributed by atoms with Gasteiger partial charge in [-0.25, -0.2) is 4.79 Å². The zero-order valence-corrected chi connectivity index (χ0v) is 16.9. The Morgan fingerprint density at radius 3 is 2.41 bits per heavy atom. The highest BCUT2D eigenvalue weighted by atomic mass is 16.5. The number of carbonyl (C=O) groups excluding carboxylic acids is 2. The summed E-state index contributed by atoms with van der Waals surface area (Å²) in [6, 6.07) is 14.1. The van der Waals surface area contributed by atoms with E-state index in [1.807, 2.05) is 45.0 Å². The van der Waals surface area contributed by atoms with Gasteiger partial charge in [0, 0.05) is 29.5 Å². The van der Waals surface area contributed by atoms with E-state index in [1.165, 1.54) is 0 Å². The molecule has 0 aliphatic rings. The Kier molecular flexibility index (Phi) is 5.97. The molecule has 0 unspecified atom stereocenters. The lowest BCUT2D eigenvalue weighted by atomic mass is 10.1. The average Bonchev–Trinajstić information content (AvgIpc) is 3.03. The summed E-state index contributed by atoms with van der Waals surface area (Å²) < 4.78 is 5.15. The maximum atomic E-state index is 12.6. The predicted octanol–water partition coefficient (Wildman–Crippen LogP) is 4.52. The van der Waals surface area contributed by atoms with Gasteiger partial charge >= 0.3 is 6.03 Å². The molecule has 2 N–H and O–H groups in total. The van der Waals surface area contributed by atoms with Crippen LogP contribution in [-0.2, 0) is 6.54 Å². The number of carbonyl (C=O) groups is 2. The van der Waals surface area contributed by atoms with Gasteiger partial charge in [-0.1, -0.05) is 29.4 Å². The van der Waals surface area contributed by atoms with Crippen molar-refractivity contribution < 1.29 is 14.1 Å². The van der Waals surface area contributed by atoms with Crippen molar-refractivity contribution in [3.63, 3.8) is 0 Å². The summed E-state index contributed by atoms with van der Waals surface area (Å²) >= 11 is 0. The quantitative estimate of drug-likeness (QED) is 0.668. The Bertz CT molecular complexity index is 1010. The van der Waals surface area contributed by atoms with Crippen molar-refractivity contribution in [2.45, 2.75) is 27.3 Å². The fourth-order valence-corrected chi connectivity index (χ4v) is 2.87. The van der Waals surface area contributed by atoms with Gasteiger partial charge < -0.3 is 20.1 Å². The van der Waals surface area contributed by atoms with Crippen LogP contribution in [0.5, 0.6) is 0 Å². The molecule has 7 nitrogen and oxygen atoms in total. The molecule has 0 spiro atoms. The molecule has 0 aliphatic heterocycles. The lowest BCUT2D eigenvalue weighted by Gasteiger charge is -2.19. The highest BCUT2D eigenvalue weighted by molar-refractivity contribution is 6.04. The number of nitrogens with one attached hydrogen (secondary N) is 2. The smallest absolute Gasteiger partial charge is 0.321 e. The van der Waals surface area contributed by atoms with Gasteiger partial charge in [-0.2, -0.15) is 0 Å². The van der Waals surface area contributed by atoms with Crippen molar-refractivity contribution in [2.75, 3.05) is 17.7 Å². The van der Waals surface area contributed by atoms with E-state index in [-0.39, 0.29) is 11.9 Å². The topological polar surface area (TPSA) is 87.5 Å². The van der Waals surface area contributed by atoms with Crippen molar-refractivity contribution in [2.24, 2.45) is 0 Å². The number of aromatic nitrogens is 1. The SMILES string of the molecule is Cc1ccc(NC(=O)c2ccccc2)cc1NC(=O)N(C)Cc1c(C)noc1C. The van der Waals surface area contributed by atoms with Crippen molar-refractivity contribution in [1.29, 1.82) is 0 Å². The van der Waals surface area contributed by atoms with Crippen LogP contribution in [0.1, 0.15) is 32.9 Å². The number of amides is 3. The van der Waals surface area contributed by atoms with E-state index in [1.54, 1.807) is 36.2 Å². The fourth-order valence-electron chi connectivity index (χ4n) is 2.87. The van der Waals surface area contributed by atoms with E-state index in [0.717, 1.165) is 16.8 Å². The summed E-state index contributed by atoms with van der Waals surface area (Å²) in [4.78, 5) is 26.6. The van der Waals surface area contributed by atoms with Crippen LogP contribution >= 0.6 is 0 Å². The van der Waals surface area contributed by atoms with Crippen LogP contribution in [0.4, 0.5) is 16.2 Å². The Balaban J connectivity index is 1.69. The summed E-state index contributed by atoms with van der Waals surface area (Å²) in [5.74, 6) is 0.492. The number of anilines is 2. The van der Waals surface area contributed by atoms with Gasteiger partial charge in [-0.05, 0) is 50.6 Å². The first kappa shape index (κ1) is 20.1. The van der Waals surface area contributed by atoms with Crippen LogP contribution in [0.15, 0.2) is 53.1 Å². The number of hydrogen-bond donors (Lipinski definition) is 2. The molecule has 0 saturated heterocycles. The molecule has 7 heteroatoms. The largest absolute Gasteiger partial charge is 0.361 e. The van der Waals surface area contributed by atoms with Gasteiger partial charge in [-0.15, -0.1) is 0 Å². The molecule has 29 heavy (non-hydrogen) atoms.